The van der Waals surface area contributed by atoms with E-state index in [0.717, 1.165) is 12.8 Å². The first-order valence-electron chi connectivity index (χ1n) is 12.3. The van der Waals surface area contributed by atoms with Gasteiger partial charge in [-0.05, 0) is 72.5 Å². The summed E-state index contributed by atoms with van der Waals surface area (Å²) in [5.41, 5.74) is 0.551. The van der Waals surface area contributed by atoms with Crippen LogP contribution in [-0.4, -0.2) is 39.1 Å². The summed E-state index contributed by atoms with van der Waals surface area (Å²) in [6.07, 6.45) is 8.42. The van der Waals surface area contributed by atoms with Crippen LogP contribution in [0.1, 0.15) is 19.3 Å². The van der Waals surface area contributed by atoms with Gasteiger partial charge in [-0.3, -0.25) is 0 Å². The highest BCUT2D eigenvalue weighted by atomic mass is 32.2. The Hall–Kier alpha value is -1.25. The molecule has 180 valence electrons. The van der Waals surface area contributed by atoms with Crippen LogP contribution in [0.5, 0.6) is 0 Å². The SMILES string of the molecule is CSC1(SC)CC(O[Si](C)(C)C)CC([Si](c2ccccc2)(c2ccccc2)c2ccccc2)C1. The zero-order valence-corrected chi connectivity index (χ0v) is 24.8. The van der Waals surface area contributed by atoms with Crippen molar-refractivity contribution in [2.24, 2.45) is 0 Å². The van der Waals surface area contributed by atoms with E-state index in [4.69, 9.17) is 4.43 Å². The molecule has 1 aliphatic rings. The first-order valence-corrected chi connectivity index (χ1v) is 20.2. The molecule has 0 aliphatic heterocycles. The number of benzene rings is 3. The molecule has 0 N–H and O–H groups in total. The molecular weight excluding hydrogens is 485 g/mol. The Balaban J connectivity index is 1.97. The second kappa shape index (κ2) is 10.8. The van der Waals surface area contributed by atoms with E-state index < -0.39 is 16.4 Å². The Labute approximate surface area is 217 Å². The fraction of sp³-hybridized carbons (Fsp3) is 0.379. The van der Waals surface area contributed by atoms with Crippen molar-refractivity contribution >= 4 is 55.5 Å². The molecule has 1 nitrogen and oxygen atoms in total. The molecule has 0 radical (unpaired) electrons. The van der Waals surface area contributed by atoms with Gasteiger partial charge in [-0.15, -0.1) is 23.5 Å². The minimum absolute atomic E-state index is 0.184. The maximum atomic E-state index is 6.91. The van der Waals surface area contributed by atoms with Crippen LogP contribution in [0.2, 0.25) is 25.2 Å². The van der Waals surface area contributed by atoms with Gasteiger partial charge < -0.3 is 4.43 Å². The molecule has 34 heavy (non-hydrogen) atoms. The van der Waals surface area contributed by atoms with E-state index in [1.165, 1.54) is 22.0 Å². The molecule has 5 heteroatoms. The number of rotatable bonds is 8. The molecule has 0 aromatic heterocycles. The van der Waals surface area contributed by atoms with Crippen molar-refractivity contribution in [3.05, 3.63) is 91.0 Å². The fourth-order valence-corrected chi connectivity index (χ4v) is 15.4. The van der Waals surface area contributed by atoms with E-state index in [2.05, 4.69) is 123 Å². The summed E-state index contributed by atoms with van der Waals surface area (Å²) >= 11 is 4.10. The highest BCUT2D eigenvalue weighted by Crippen LogP contribution is 2.53. The Morgan fingerprint density at radius 2 is 1.09 bits per heavy atom. The normalized spacial score (nSPS) is 20.7. The summed E-state index contributed by atoms with van der Waals surface area (Å²) in [7, 11) is -4.02. The fourth-order valence-electron chi connectivity index (χ4n) is 5.94. The quantitative estimate of drug-likeness (QED) is 0.194. The van der Waals surface area contributed by atoms with Gasteiger partial charge >= 0.3 is 0 Å². The molecule has 0 saturated heterocycles. The second-order valence-corrected chi connectivity index (χ2v) is 21.7. The predicted molar refractivity (Wildman–Crippen MR) is 160 cm³/mol. The largest absolute Gasteiger partial charge is 0.415 e. The summed E-state index contributed by atoms with van der Waals surface area (Å²) < 4.78 is 7.09. The average molecular weight is 523 g/mol. The van der Waals surface area contributed by atoms with Crippen molar-refractivity contribution in [3.8, 4) is 0 Å². The summed E-state index contributed by atoms with van der Waals surface area (Å²) in [6, 6.07) is 34.3. The standard InChI is InChI=1S/C29H38OS2Si2/c1-31-29(32-2)22-24(30-33(3,4)5)21-28(23-29)34(25-15-9-6-10-16-25,26-17-11-7-12-18-26)27-19-13-8-14-20-27/h6-20,24,28H,21-23H2,1-5H3. The van der Waals surface area contributed by atoms with Crippen LogP contribution in [0.15, 0.2) is 91.0 Å². The summed E-state index contributed by atoms with van der Waals surface area (Å²) in [4.78, 5) is 0. The van der Waals surface area contributed by atoms with E-state index in [1.807, 2.05) is 23.5 Å². The lowest BCUT2D eigenvalue weighted by molar-refractivity contribution is 0.145. The molecule has 0 spiro atoms. The van der Waals surface area contributed by atoms with E-state index in [1.54, 1.807) is 0 Å². The van der Waals surface area contributed by atoms with Crippen molar-refractivity contribution < 1.29 is 4.43 Å². The zero-order valence-electron chi connectivity index (χ0n) is 21.2. The first-order chi connectivity index (χ1) is 16.3. The highest BCUT2D eigenvalue weighted by Gasteiger charge is 2.53. The minimum Gasteiger partial charge on any atom is -0.415 e. The minimum atomic E-state index is -2.35. The molecule has 1 fully saturated rings. The van der Waals surface area contributed by atoms with Gasteiger partial charge in [0.05, 0.1) is 4.08 Å². The van der Waals surface area contributed by atoms with E-state index in [-0.39, 0.29) is 4.08 Å². The zero-order chi connectivity index (χ0) is 24.2. The highest BCUT2D eigenvalue weighted by molar-refractivity contribution is 8.17. The summed E-state index contributed by atoms with van der Waals surface area (Å²) in [6.45, 7) is 7.02. The van der Waals surface area contributed by atoms with Crippen molar-refractivity contribution in [2.75, 3.05) is 12.5 Å². The molecule has 3 aromatic carbocycles. The molecule has 1 saturated carbocycles. The third kappa shape index (κ3) is 5.29. The summed E-state index contributed by atoms with van der Waals surface area (Å²) in [5, 5.41) is 4.55. The molecule has 3 aromatic rings. The predicted octanol–water partition coefficient (Wildman–Crippen LogP) is 6.35. The van der Waals surface area contributed by atoms with Gasteiger partial charge in [0, 0.05) is 6.10 Å². The Morgan fingerprint density at radius 1 is 0.676 bits per heavy atom. The van der Waals surface area contributed by atoms with Crippen LogP contribution in [-0.2, 0) is 4.43 Å². The van der Waals surface area contributed by atoms with Crippen molar-refractivity contribution in [1.29, 1.82) is 0 Å². The topological polar surface area (TPSA) is 9.23 Å². The van der Waals surface area contributed by atoms with Crippen LogP contribution in [0, 0.1) is 0 Å². The Kier molecular flexibility index (Phi) is 8.20. The van der Waals surface area contributed by atoms with Crippen LogP contribution in [0.25, 0.3) is 0 Å². The molecule has 1 aliphatic carbocycles. The smallest absolute Gasteiger partial charge is 0.184 e. The molecule has 0 heterocycles. The van der Waals surface area contributed by atoms with E-state index in [0.29, 0.717) is 11.6 Å². The molecule has 2 atom stereocenters. The molecule has 4 rings (SSSR count). The van der Waals surface area contributed by atoms with Crippen molar-refractivity contribution in [1.82, 2.24) is 0 Å². The molecule has 0 bridgehead atoms. The Morgan fingerprint density at radius 3 is 1.44 bits per heavy atom. The third-order valence-electron chi connectivity index (χ3n) is 7.21. The van der Waals surface area contributed by atoms with Crippen LogP contribution >= 0.6 is 23.5 Å². The van der Waals surface area contributed by atoms with Crippen LogP contribution in [0.3, 0.4) is 0 Å². The maximum Gasteiger partial charge on any atom is 0.184 e. The second-order valence-electron chi connectivity index (χ2n) is 10.4. The van der Waals surface area contributed by atoms with Gasteiger partial charge in [-0.2, -0.15) is 0 Å². The van der Waals surface area contributed by atoms with Gasteiger partial charge in [0.15, 0.2) is 16.4 Å². The lowest BCUT2D eigenvalue weighted by Crippen LogP contribution is -2.71. The lowest BCUT2D eigenvalue weighted by atomic mass is 9.96. The molecule has 2 unspecified atom stereocenters. The number of hydrogen-bond acceptors (Lipinski definition) is 3. The maximum absolute atomic E-state index is 6.91. The monoisotopic (exact) mass is 522 g/mol. The van der Waals surface area contributed by atoms with Gasteiger partial charge in [0.2, 0.25) is 0 Å². The summed E-state index contributed by atoms with van der Waals surface area (Å²) in [5.74, 6) is 0. The van der Waals surface area contributed by atoms with E-state index in [9.17, 15) is 0 Å². The third-order valence-corrected chi connectivity index (χ3v) is 16.8. The van der Waals surface area contributed by atoms with Gasteiger partial charge in [0.1, 0.15) is 0 Å². The van der Waals surface area contributed by atoms with Crippen LogP contribution < -0.4 is 15.6 Å². The van der Waals surface area contributed by atoms with Crippen molar-refractivity contribution in [3.63, 3.8) is 0 Å². The molecular formula is C29H38OS2Si2. The number of hydrogen-bond donors (Lipinski definition) is 0. The Bertz CT molecular complexity index is 937. The van der Waals surface area contributed by atoms with Gasteiger partial charge in [0.25, 0.3) is 0 Å². The first kappa shape index (κ1) is 25.8. The lowest BCUT2D eigenvalue weighted by Gasteiger charge is -2.51. The van der Waals surface area contributed by atoms with Crippen molar-refractivity contribution in [2.45, 2.75) is 54.6 Å². The van der Waals surface area contributed by atoms with E-state index >= 15 is 0 Å². The van der Waals surface area contributed by atoms with Crippen LogP contribution in [0.4, 0.5) is 0 Å². The van der Waals surface area contributed by atoms with Gasteiger partial charge in [-0.1, -0.05) is 91.0 Å². The average Bonchev–Trinajstić information content (AvgIpc) is 2.85. The van der Waals surface area contributed by atoms with Gasteiger partial charge in [-0.25, -0.2) is 0 Å². The number of thioether (sulfide) groups is 2. The molecule has 0 amide bonds.